The third-order valence-corrected chi connectivity index (χ3v) is 5.14. The van der Waals surface area contributed by atoms with Gasteiger partial charge in [0.15, 0.2) is 0 Å². The highest BCUT2D eigenvalue weighted by atomic mass is 16.6. The molecule has 1 spiro atoms. The molecule has 1 heterocycles. The molecule has 2 fully saturated rings. The number of likely N-dealkylation sites (tertiary alicyclic amines) is 1. The quantitative estimate of drug-likeness (QED) is 0.636. The van der Waals surface area contributed by atoms with Crippen LogP contribution < -0.4 is 10.1 Å². The van der Waals surface area contributed by atoms with Crippen LogP contribution in [0.1, 0.15) is 19.3 Å². The van der Waals surface area contributed by atoms with E-state index in [0.717, 1.165) is 19.3 Å². The van der Waals surface area contributed by atoms with Gasteiger partial charge in [0.1, 0.15) is 5.75 Å². The van der Waals surface area contributed by atoms with Crippen molar-refractivity contribution in [3.05, 3.63) is 34.4 Å². The average Bonchev–Trinajstić information content (AvgIpc) is 3.26. The standard InChI is InChI=1S/C16H19N3O6/c20-14(25-13-3-1-12(2-4-13)19(23)24)17-10-11-9-16(11)5-7-18(8-6-16)15(21)22/h1-4,11H,5-10H2,(H,17,20)(H,21,22). The summed E-state index contributed by atoms with van der Waals surface area (Å²) in [5.74, 6) is 0.580. The van der Waals surface area contributed by atoms with Crippen LogP contribution in [0.15, 0.2) is 24.3 Å². The van der Waals surface area contributed by atoms with Gasteiger partial charge in [-0.1, -0.05) is 0 Å². The van der Waals surface area contributed by atoms with Crippen LogP contribution in [0, 0.1) is 21.4 Å². The molecule has 0 aromatic heterocycles. The van der Waals surface area contributed by atoms with Gasteiger partial charge in [-0.05, 0) is 42.7 Å². The SMILES string of the molecule is O=C(NCC1CC12CCN(C(=O)O)CC2)Oc1ccc([N+](=O)[O-])cc1. The highest BCUT2D eigenvalue weighted by Crippen LogP contribution is 2.58. The number of rotatable bonds is 4. The van der Waals surface area contributed by atoms with Crippen LogP contribution in [0.3, 0.4) is 0 Å². The molecule has 3 rings (SSSR count). The molecule has 2 N–H and O–H groups in total. The fourth-order valence-electron chi connectivity index (χ4n) is 3.46. The molecule has 1 aliphatic heterocycles. The average molecular weight is 349 g/mol. The second-order valence-electron chi connectivity index (χ2n) is 6.55. The molecule has 1 atom stereocenters. The number of nitro groups is 1. The number of hydrogen-bond acceptors (Lipinski definition) is 5. The first-order valence-corrected chi connectivity index (χ1v) is 8.08. The summed E-state index contributed by atoms with van der Waals surface area (Å²) < 4.78 is 5.09. The third kappa shape index (κ3) is 3.81. The van der Waals surface area contributed by atoms with Crippen LogP contribution >= 0.6 is 0 Å². The van der Waals surface area contributed by atoms with Gasteiger partial charge in [0, 0.05) is 31.8 Å². The number of carbonyl (C=O) groups excluding carboxylic acids is 1. The predicted molar refractivity (Wildman–Crippen MR) is 86.5 cm³/mol. The smallest absolute Gasteiger partial charge is 0.412 e. The minimum Gasteiger partial charge on any atom is -0.465 e. The maximum Gasteiger partial charge on any atom is 0.412 e. The van der Waals surface area contributed by atoms with E-state index in [4.69, 9.17) is 9.84 Å². The van der Waals surface area contributed by atoms with E-state index in [9.17, 15) is 19.7 Å². The summed E-state index contributed by atoms with van der Waals surface area (Å²) in [6, 6.07) is 5.29. The van der Waals surface area contributed by atoms with Gasteiger partial charge in [0.25, 0.3) is 5.69 Å². The number of carboxylic acid groups (broad SMARTS) is 1. The number of hydrogen-bond donors (Lipinski definition) is 2. The Morgan fingerprint density at radius 1 is 1.32 bits per heavy atom. The van der Waals surface area contributed by atoms with E-state index in [1.54, 1.807) is 0 Å². The van der Waals surface area contributed by atoms with Crippen molar-refractivity contribution in [2.75, 3.05) is 19.6 Å². The number of nitrogens with one attached hydrogen (secondary N) is 1. The first-order chi connectivity index (χ1) is 11.9. The maximum atomic E-state index is 11.8. The Kier molecular flexibility index (Phi) is 4.47. The molecule has 0 radical (unpaired) electrons. The van der Waals surface area contributed by atoms with Crippen molar-refractivity contribution in [2.45, 2.75) is 19.3 Å². The molecule has 1 aromatic rings. The van der Waals surface area contributed by atoms with Gasteiger partial charge in [-0.25, -0.2) is 9.59 Å². The van der Waals surface area contributed by atoms with Gasteiger partial charge >= 0.3 is 12.2 Å². The minimum atomic E-state index is -0.878. The van der Waals surface area contributed by atoms with E-state index in [2.05, 4.69) is 5.32 Å². The number of amides is 2. The number of ether oxygens (including phenoxy) is 1. The first kappa shape index (κ1) is 17.0. The molecule has 2 amide bonds. The van der Waals surface area contributed by atoms with E-state index in [1.807, 2.05) is 0 Å². The highest BCUT2D eigenvalue weighted by Gasteiger charge is 2.54. The lowest BCUT2D eigenvalue weighted by molar-refractivity contribution is -0.384. The molecule has 1 aliphatic carbocycles. The predicted octanol–water partition coefficient (Wildman–Crippen LogP) is 2.46. The van der Waals surface area contributed by atoms with E-state index in [-0.39, 0.29) is 16.9 Å². The fraction of sp³-hybridized carbons (Fsp3) is 0.500. The lowest BCUT2D eigenvalue weighted by Gasteiger charge is -2.31. The van der Waals surface area contributed by atoms with Crippen LogP contribution in [0.25, 0.3) is 0 Å². The molecular weight excluding hydrogens is 330 g/mol. The van der Waals surface area contributed by atoms with E-state index in [0.29, 0.717) is 25.6 Å². The number of piperidine rings is 1. The van der Waals surface area contributed by atoms with Gasteiger partial charge in [-0.15, -0.1) is 0 Å². The second kappa shape index (κ2) is 6.58. The molecule has 134 valence electrons. The van der Waals surface area contributed by atoms with Crippen LogP contribution in [0.4, 0.5) is 15.3 Å². The summed E-state index contributed by atoms with van der Waals surface area (Å²) in [6.07, 6.45) is 1.15. The number of benzene rings is 1. The zero-order valence-electron chi connectivity index (χ0n) is 13.5. The zero-order chi connectivity index (χ0) is 18.0. The normalized spacial score (nSPS) is 20.8. The van der Waals surface area contributed by atoms with Gasteiger partial charge < -0.3 is 20.1 Å². The van der Waals surface area contributed by atoms with E-state index < -0.39 is 17.1 Å². The Morgan fingerprint density at radius 3 is 2.52 bits per heavy atom. The Hall–Kier alpha value is -2.84. The summed E-state index contributed by atoms with van der Waals surface area (Å²) in [5, 5.41) is 22.3. The van der Waals surface area contributed by atoms with Crippen LogP contribution in [0.2, 0.25) is 0 Å². The summed E-state index contributed by atoms with van der Waals surface area (Å²) >= 11 is 0. The first-order valence-electron chi connectivity index (χ1n) is 8.08. The molecule has 1 saturated heterocycles. The van der Waals surface area contributed by atoms with Crippen molar-refractivity contribution >= 4 is 17.9 Å². The largest absolute Gasteiger partial charge is 0.465 e. The lowest BCUT2D eigenvalue weighted by atomic mass is 9.91. The molecule has 9 heteroatoms. The second-order valence-corrected chi connectivity index (χ2v) is 6.55. The number of nitro benzene ring substituents is 1. The zero-order valence-corrected chi connectivity index (χ0v) is 13.5. The maximum absolute atomic E-state index is 11.8. The van der Waals surface area contributed by atoms with E-state index in [1.165, 1.54) is 29.2 Å². The highest BCUT2D eigenvalue weighted by molar-refractivity contribution is 5.70. The number of nitrogens with zero attached hydrogens (tertiary/aromatic N) is 2. The molecule has 9 nitrogen and oxygen atoms in total. The Labute approximate surface area is 143 Å². The Balaban J connectivity index is 1.42. The van der Waals surface area contributed by atoms with Crippen molar-refractivity contribution in [1.82, 2.24) is 10.2 Å². The number of non-ortho nitro benzene ring substituents is 1. The molecule has 0 bridgehead atoms. The van der Waals surface area contributed by atoms with Crippen LogP contribution in [0.5, 0.6) is 5.75 Å². The van der Waals surface area contributed by atoms with Crippen molar-refractivity contribution in [2.24, 2.45) is 11.3 Å². The van der Waals surface area contributed by atoms with Crippen molar-refractivity contribution in [1.29, 1.82) is 0 Å². The van der Waals surface area contributed by atoms with Crippen molar-refractivity contribution in [3.63, 3.8) is 0 Å². The molecule has 1 saturated carbocycles. The summed E-state index contributed by atoms with van der Waals surface area (Å²) in [4.78, 5) is 34.2. The fourth-order valence-corrected chi connectivity index (χ4v) is 3.46. The third-order valence-electron chi connectivity index (χ3n) is 5.14. The summed E-state index contributed by atoms with van der Waals surface area (Å²) in [6.45, 7) is 1.57. The van der Waals surface area contributed by atoms with E-state index >= 15 is 0 Å². The Bertz CT molecular complexity index is 682. The minimum absolute atomic E-state index is 0.0691. The van der Waals surface area contributed by atoms with Crippen molar-refractivity contribution in [3.8, 4) is 5.75 Å². The number of carbonyl (C=O) groups is 2. The van der Waals surface area contributed by atoms with Crippen LogP contribution in [-0.2, 0) is 0 Å². The van der Waals surface area contributed by atoms with Crippen LogP contribution in [-0.4, -0.2) is 46.8 Å². The molecule has 1 unspecified atom stereocenters. The lowest BCUT2D eigenvalue weighted by Crippen LogP contribution is -2.39. The molecule has 25 heavy (non-hydrogen) atoms. The topological polar surface area (TPSA) is 122 Å². The molecular formula is C16H19N3O6. The van der Waals surface area contributed by atoms with Gasteiger partial charge in [-0.2, -0.15) is 0 Å². The summed E-state index contributed by atoms with van der Waals surface area (Å²) in [5.41, 5.74) is 0.0763. The van der Waals surface area contributed by atoms with Gasteiger partial charge in [0.2, 0.25) is 0 Å². The van der Waals surface area contributed by atoms with Gasteiger partial charge in [0.05, 0.1) is 4.92 Å². The van der Waals surface area contributed by atoms with Gasteiger partial charge in [-0.3, -0.25) is 10.1 Å². The monoisotopic (exact) mass is 349 g/mol. The summed E-state index contributed by atoms with van der Waals surface area (Å²) in [7, 11) is 0. The Morgan fingerprint density at radius 2 is 1.96 bits per heavy atom. The van der Waals surface area contributed by atoms with Crippen molar-refractivity contribution < 1.29 is 24.4 Å². The molecule has 1 aromatic carbocycles. The molecule has 2 aliphatic rings.